The summed E-state index contributed by atoms with van der Waals surface area (Å²) in [6, 6.07) is 5.59. The number of hydrogen-bond donors (Lipinski definition) is 1. The fraction of sp³-hybridized carbons (Fsp3) is 0.294. The predicted molar refractivity (Wildman–Crippen MR) is 80.7 cm³/mol. The van der Waals surface area contributed by atoms with Crippen molar-refractivity contribution in [2.24, 2.45) is 0 Å². The fourth-order valence-corrected chi connectivity index (χ4v) is 2.51. The summed E-state index contributed by atoms with van der Waals surface area (Å²) in [5, 5.41) is 2.70. The Hall–Kier alpha value is -2.43. The average molecular weight is 300 g/mol. The minimum absolute atomic E-state index is 0.0540. The molecule has 114 valence electrons. The number of pyridine rings is 1. The Bertz CT molecular complexity index is 726. The van der Waals surface area contributed by atoms with E-state index in [4.69, 9.17) is 4.74 Å². The molecule has 2 aromatic rings. The van der Waals surface area contributed by atoms with Crippen molar-refractivity contribution in [3.05, 3.63) is 58.2 Å². The molecule has 0 atom stereocenters. The van der Waals surface area contributed by atoms with Crippen molar-refractivity contribution < 1.29 is 13.9 Å². The van der Waals surface area contributed by atoms with Crippen LogP contribution in [0.2, 0.25) is 0 Å². The van der Waals surface area contributed by atoms with Crippen LogP contribution in [-0.4, -0.2) is 24.0 Å². The minimum atomic E-state index is -0.454. The molecule has 1 aliphatic rings. The largest absolute Gasteiger partial charge is 0.488 e. The topological polar surface area (TPSA) is 51.2 Å². The van der Waals surface area contributed by atoms with E-state index in [1.165, 1.54) is 0 Å². The highest BCUT2D eigenvalue weighted by Gasteiger charge is 2.23. The summed E-state index contributed by atoms with van der Waals surface area (Å²) in [7, 11) is 0. The van der Waals surface area contributed by atoms with Gasteiger partial charge in [-0.2, -0.15) is 0 Å². The number of nitrogens with zero attached hydrogens (tertiary/aromatic N) is 1. The van der Waals surface area contributed by atoms with Crippen molar-refractivity contribution in [1.29, 1.82) is 0 Å². The molecule has 0 radical (unpaired) electrons. The van der Waals surface area contributed by atoms with Gasteiger partial charge in [0.25, 0.3) is 5.91 Å². The standard InChI is InChI=1S/C17H17FN2O2/c1-10-3-4-12(9-20-10)7-13-8-14-16(15(18)11(13)2)22-6-5-19-17(14)21/h3-4,8-9H,5-7H2,1-2H3,(H,19,21). The van der Waals surface area contributed by atoms with Crippen LogP contribution in [0.5, 0.6) is 5.75 Å². The van der Waals surface area contributed by atoms with Crippen LogP contribution < -0.4 is 10.1 Å². The van der Waals surface area contributed by atoms with E-state index in [9.17, 15) is 9.18 Å². The van der Waals surface area contributed by atoms with Gasteiger partial charge in [-0.3, -0.25) is 9.78 Å². The molecule has 0 bridgehead atoms. The second-order valence-corrected chi connectivity index (χ2v) is 5.44. The summed E-state index contributed by atoms with van der Waals surface area (Å²) in [6.07, 6.45) is 2.30. The normalized spacial score (nSPS) is 13.9. The minimum Gasteiger partial charge on any atom is -0.488 e. The molecule has 0 saturated carbocycles. The number of nitrogens with one attached hydrogen (secondary N) is 1. The lowest BCUT2D eigenvalue weighted by Crippen LogP contribution is -2.24. The molecular weight excluding hydrogens is 283 g/mol. The first-order chi connectivity index (χ1) is 10.6. The molecule has 5 heteroatoms. The number of amides is 1. The zero-order chi connectivity index (χ0) is 15.7. The number of halogens is 1. The van der Waals surface area contributed by atoms with Gasteiger partial charge < -0.3 is 10.1 Å². The number of fused-ring (bicyclic) bond motifs is 1. The zero-order valence-electron chi connectivity index (χ0n) is 12.6. The van der Waals surface area contributed by atoms with Crippen LogP contribution in [0.4, 0.5) is 4.39 Å². The number of benzene rings is 1. The predicted octanol–water partition coefficient (Wildman–Crippen LogP) is 2.55. The van der Waals surface area contributed by atoms with Crippen molar-refractivity contribution in [1.82, 2.24) is 10.3 Å². The summed E-state index contributed by atoms with van der Waals surface area (Å²) >= 11 is 0. The second-order valence-electron chi connectivity index (χ2n) is 5.44. The average Bonchev–Trinajstić information content (AvgIpc) is 2.69. The molecule has 0 fully saturated rings. The Morgan fingerprint density at radius 2 is 2.18 bits per heavy atom. The van der Waals surface area contributed by atoms with E-state index in [0.717, 1.165) is 16.8 Å². The van der Waals surface area contributed by atoms with Gasteiger partial charge in [-0.05, 0) is 49.1 Å². The molecule has 1 aromatic heterocycles. The van der Waals surface area contributed by atoms with Gasteiger partial charge in [0.05, 0.1) is 12.1 Å². The first-order valence-electron chi connectivity index (χ1n) is 7.21. The molecule has 22 heavy (non-hydrogen) atoms. The molecule has 0 saturated heterocycles. The van der Waals surface area contributed by atoms with Crippen LogP contribution >= 0.6 is 0 Å². The van der Waals surface area contributed by atoms with Crippen molar-refractivity contribution in [3.8, 4) is 5.75 Å². The molecule has 4 nitrogen and oxygen atoms in total. The molecule has 2 heterocycles. The molecular formula is C17H17FN2O2. The summed E-state index contributed by atoms with van der Waals surface area (Å²) in [5.74, 6) is -0.697. The highest BCUT2D eigenvalue weighted by molar-refractivity contribution is 5.97. The monoisotopic (exact) mass is 300 g/mol. The number of carbonyl (C=O) groups excluding carboxylic acids is 1. The lowest BCUT2D eigenvalue weighted by atomic mass is 9.97. The van der Waals surface area contributed by atoms with E-state index >= 15 is 0 Å². The molecule has 0 spiro atoms. The Kier molecular flexibility index (Phi) is 3.79. The van der Waals surface area contributed by atoms with Crippen LogP contribution in [0.25, 0.3) is 0 Å². The van der Waals surface area contributed by atoms with Gasteiger partial charge in [0, 0.05) is 11.9 Å². The van der Waals surface area contributed by atoms with E-state index in [1.54, 1.807) is 19.2 Å². The quantitative estimate of drug-likeness (QED) is 0.927. The van der Waals surface area contributed by atoms with Gasteiger partial charge in [0.15, 0.2) is 11.6 Å². The smallest absolute Gasteiger partial charge is 0.255 e. The highest BCUT2D eigenvalue weighted by Crippen LogP contribution is 2.30. The molecule has 0 unspecified atom stereocenters. The van der Waals surface area contributed by atoms with Gasteiger partial charge in [-0.15, -0.1) is 0 Å². The second kappa shape index (κ2) is 5.75. The maximum absolute atomic E-state index is 14.5. The summed E-state index contributed by atoms with van der Waals surface area (Å²) in [4.78, 5) is 16.3. The molecule has 1 aromatic carbocycles. The molecule has 1 N–H and O–H groups in total. The first-order valence-corrected chi connectivity index (χ1v) is 7.21. The summed E-state index contributed by atoms with van der Waals surface area (Å²) in [5.41, 5.74) is 3.44. The third-order valence-electron chi connectivity index (χ3n) is 3.82. The first kappa shape index (κ1) is 14.5. The number of ether oxygens (including phenoxy) is 1. The van der Waals surface area contributed by atoms with Gasteiger partial charge in [-0.25, -0.2) is 4.39 Å². The van der Waals surface area contributed by atoms with E-state index in [-0.39, 0.29) is 23.8 Å². The lowest BCUT2D eigenvalue weighted by molar-refractivity contribution is 0.0957. The Morgan fingerprint density at radius 3 is 2.91 bits per heavy atom. The van der Waals surface area contributed by atoms with Gasteiger partial charge in [0.1, 0.15) is 6.61 Å². The summed E-state index contributed by atoms with van der Waals surface area (Å²) in [6.45, 7) is 4.27. The van der Waals surface area contributed by atoms with E-state index in [2.05, 4.69) is 10.3 Å². The lowest BCUT2D eigenvalue weighted by Gasteiger charge is -2.13. The Morgan fingerprint density at radius 1 is 1.36 bits per heavy atom. The number of aryl methyl sites for hydroxylation is 1. The van der Waals surface area contributed by atoms with E-state index < -0.39 is 5.82 Å². The Labute approximate surface area is 128 Å². The molecule has 1 aliphatic heterocycles. The third kappa shape index (κ3) is 2.66. The number of rotatable bonds is 2. The van der Waals surface area contributed by atoms with Crippen molar-refractivity contribution in [2.75, 3.05) is 13.2 Å². The highest BCUT2D eigenvalue weighted by atomic mass is 19.1. The van der Waals surface area contributed by atoms with Crippen molar-refractivity contribution in [2.45, 2.75) is 20.3 Å². The van der Waals surface area contributed by atoms with Crippen LogP contribution in [0.1, 0.15) is 32.7 Å². The van der Waals surface area contributed by atoms with E-state index in [0.29, 0.717) is 18.5 Å². The number of carbonyl (C=O) groups is 1. The maximum Gasteiger partial charge on any atom is 0.255 e. The summed E-state index contributed by atoms with van der Waals surface area (Å²) < 4.78 is 19.9. The Balaban J connectivity index is 2.03. The van der Waals surface area contributed by atoms with E-state index in [1.807, 2.05) is 19.1 Å². The zero-order valence-corrected chi connectivity index (χ0v) is 12.6. The van der Waals surface area contributed by atoms with Crippen LogP contribution in [0.15, 0.2) is 24.4 Å². The molecule has 1 amide bonds. The molecule has 0 aliphatic carbocycles. The SMILES string of the molecule is Cc1ccc(Cc2cc3c(c(F)c2C)OCCNC3=O)cn1. The third-order valence-corrected chi connectivity index (χ3v) is 3.82. The number of hydrogen-bond acceptors (Lipinski definition) is 3. The van der Waals surface area contributed by atoms with Crippen molar-refractivity contribution in [3.63, 3.8) is 0 Å². The van der Waals surface area contributed by atoms with Gasteiger partial charge >= 0.3 is 0 Å². The van der Waals surface area contributed by atoms with Crippen LogP contribution in [0, 0.1) is 19.7 Å². The van der Waals surface area contributed by atoms with Crippen molar-refractivity contribution >= 4 is 5.91 Å². The maximum atomic E-state index is 14.5. The van der Waals surface area contributed by atoms with Crippen LogP contribution in [-0.2, 0) is 6.42 Å². The fourth-order valence-electron chi connectivity index (χ4n) is 2.51. The number of aromatic nitrogens is 1. The van der Waals surface area contributed by atoms with Gasteiger partial charge in [-0.1, -0.05) is 6.07 Å². The van der Waals surface area contributed by atoms with Crippen LogP contribution in [0.3, 0.4) is 0 Å². The van der Waals surface area contributed by atoms with Gasteiger partial charge in [0.2, 0.25) is 0 Å². The molecule has 3 rings (SSSR count).